The molecule has 1 atom stereocenters. The Hall–Kier alpha value is -2.14. The van der Waals surface area contributed by atoms with Gasteiger partial charge in [0.15, 0.2) is 6.29 Å². The number of fused-ring (bicyclic) bond motifs is 1. The largest absolute Gasteiger partial charge is 0.465 e. The lowest BCUT2D eigenvalue weighted by molar-refractivity contribution is -0.0351. The highest BCUT2D eigenvalue weighted by Crippen LogP contribution is 2.53. The van der Waals surface area contributed by atoms with E-state index in [1.165, 1.54) is 6.20 Å². The van der Waals surface area contributed by atoms with E-state index in [1.54, 1.807) is 42.6 Å². The first-order valence-electron chi connectivity index (χ1n) is 8.76. The Kier molecular flexibility index (Phi) is 6.55. The van der Waals surface area contributed by atoms with Crippen molar-refractivity contribution in [2.75, 3.05) is 19.1 Å². The van der Waals surface area contributed by atoms with Crippen LogP contribution in [0.3, 0.4) is 0 Å². The molecule has 1 aliphatic heterocycles. The Bertz CT molecular complexity index is 914. The molecule has 0 aliphatic carbocycles. The first-order valence-corrected chi connectivity index (χ1v) is 11.2. The molecule has 1 aromatic heterocycles. The molecule has 5 nitrogen and oxygen atoms in total. The predicted molar refractivity (Wildman–Crippen MR) is 113 cm³/mol. The summed E-state index contributed by atoms with van der Waals surface area (Å²) in [6.07, 6.45) is 5.23. The quantitative estimate of drug-likeness (QED) is 0.464. The lowest BCUT2D eigenvalue weighted by Gasteiger charge is -2.38. The third-order valence-electron chi connectivity index (χ3n) is 4.37. The van der Waals surface area contributed by atoms with Crippen LogP contribution in [0, 0.1) is 11.8 Å². The average Bonchev–Trinajstić information content (AvgIpc) is 2.72. The molecule has 0 saturated carbocycles. The number of esters is 1. The van der Waals surface area contributed by atoms with Crippen LogP contribution in [0.25, 0.3) is 0 Å². The second-order valence-corrected chi connectivity index (χ2v) is 8.52. The van der Waals surface area contributed by atoms with Crippen molar-refractivity contribution in [3.05, 3.63) is 58.9 Å². The van der Waals surface area contributed by atoms with Gasteiger partial charge in [-0.2, -0.15) is 0 Å². The number of carbonyl (C=O) groups excluding carboxylic acids is 1. The molecule has 1 unspecified atom stereocenters. The van der Waals surface area contributed by atoms with Crippen molar-refractivity contribution in [2.45, 2.75) is 23.7 Å². The number of aliphatic hydroxyl groups is 1. The molecule has 2 aromatic rings. The summed E-state index contributed by atoms with van der Waals surface area (Å²) in [6.45, 7) is 2.09. The highest BCUT2D eigenvalue weighted by Gasteiger charge is 2.40. The van der Waals surface area contributed by atoms with Crippen molar-refractivity contribution in [1.29, 1.82) is 0 Å². The monoisotopic (exact) mass is 415 g/mol. The van der Waals surface area contributed by atoms with Gasteiger partial charge in [-0.05, 0) is 55.7 Å². The summed E-state index contributed by atoms with van der Waals surface area (Å²) in [5, 5.41) is 10.1. The predicted octanol–water partition coefficient (Wildman–Crippen LogP) is 3.64. The van der Waals surface area contributed by atoms with E-state index in [1.807, 2.05) is 30.7 Å². The average molecular weight is 416 g/mol. The maximum atomic E-state index is 11.7. The minimum Gasteiger partial charge on any atom is -0.465 e. The van der Waals surface area contributed by atoms with Crippen molar-refractivity contribution < 1.29 is 19.4 Å². The van der Waals surface area contributed by atoms with Gasteiger partial charge in [0.2, 0.25) is 0 Å². The Morgan fingerprint density at radius 1 is 1.32 bits per heavy atom. The number of rotatable bonds is 4. The SMILES string of the molecule is CCOC(=O)c1ccc(C#Cc2ccc3c(c2)C(SC)(SC)CC(O)O3)nc1. The van der Waals surface area contributed by atoms with Gasteiger partial charge in [0.1, 0.15) is 11.4 Å². The molecule has 0 saturated heterocycles. The summed E-state index contributed by atoms with van der Waals surface area (Å²) in [5.41, 5.74) is 2.83. The number of carbonyl (C=O) groups is 1. The van der Waals surface area contributed by atoms with Gasteiger partial charge in [0.05, 0.1) is 16.2 Å². The fourth-order valence-electron chi connectivity index (χ4n) is 2.95. The fraction of sp³-hybridized carbons (Fsp3) is 0.333. The number of nitrogens with zero attached hydrogens (tertiary/aromatic N) is 1. The third kappa shape index (κ3) is 4.30. The number of hydrogen-bond acceptors (Lipinski definition) is 7. The Morgan fingerprint density at radius 2 is 2.11 bits per heavy atom. The van der Waals surface area contributed by atoms with E-state index >= 15 is 0 Å². The first-order chi connectivity index (χ1) is 13.5. The number of pyridine rings is 1. The number of aromatic nitrogens is 1. The van der Waals surface area contributed by atoms with Crippen LogP contribution in [0.15, 0.2) is 36.5 Å². The molecule has 1 N–H and O–H groups in total. The molecular formula is C21H21NO4S2. The van der Waals surface area contributed by atoms with Crippen LogP contribution in [0.5, 0.6) is 5.75 Å². The van der Waals surface area contributed by atoms with Gasteiger partial charge < -0.3 is 14.6 Å². The summed E-state index contributed by atoms with van der Waals surface area (Å²) in [6, 6.07) is 9.07. The number of benzene rings is 1. The van der Waals surface area contributed by atoms with E-state index in [-0.39, 0.29) is 4.08 Å². The molecule has 7 heteroatoms. The van der Waals surface area contributed by atoms with E-state index in [4.69, 9.17) is 9.47 Å². The molecule has 1 aliphatic rings. The van der Waals surface area contributed by atoms with E-state index in [0.717, 1.165) is 11.1 Å². The molecular weight excluding hydrogens is 394 g/mol. The van der Waals surface area contributed by atoms with Crippen LogP contribution in [-0.2, 0) is 8.82 Å². The fourth-order valence-corrected chi connectivity index (χ4v) is 4.99. The smallest absolute Gasteiger partial charge is 0.339 e. The third-order valence-corrected chi connectivity index (χ3v) is 7.46. The molecule has 1 aromatic carbocycles. The first kappa shape index (κ1) is 20.6. The lowest BCUT2D eigenvalue weighted by Crippen LogP contribution is -2.33. The van der Waals surface area contributed by atoms with E-state index in [2.05, 4.69) is 16.8 Å². The number of ether oxygens (including phenoxy) is 2. The highest BCUT2D eigenvalue weighted by molar-refractivity contribution is 8.16. The number of thioether (sulfide) groups is 2. The molecule has 3 rings (SSSR count). The highest BCUT2D eigenvalue weighted by atomic mass is 32.2. The van der Waals surface area contributed by atoms with Gasteiger partial charge in [-0.25, -0.2) is 9.78 Å². The van der Waals surface area contributed by atoms with E-state index in [9.17, 15) is 9.90 Å². The van der Waals surface area contributed by atoms with Crippen molar-refractivity contribution in [1.82, 2.24) is 4.98 Å². The zero-order valence-corrected chi connectivity index (χ0v) is 17.5. The van der Waals surface area contributed by atoms with Gasteiger partial charge in [-0.15, -0.1) is 23.5 Å². The summed E-state index contributed by atoms with van der Waals surface area (Å²) in [4.78, 5) is 15.9. The van der Waals surface area contributed by atoms with Crippen LogP contribution < -0.4 is 4.74 Å². The zero-order valence-electron chi connectivity index (χ0n) is 15.9. The Balaban J connectivity index is 1.86. The Morgan fingerprint density at radius 3 is 2.75 bits per heavy atom. The molecule has 0 amide bonds. The van der Waals surface area contributed by atoms with Crippen molar-refractivity contribution >= 4 is 29.5 Å². The van der Waals surface area contributed by atoms with Gasteiger partial charge in [0, 0.05) is 23.7 Å². The summed E-state index contributed by atoms with van der Waals surface area (Å²) in [7, 11) is 0. The summed E-state index contributed by atoms with van der Waals surface area (Å²) >= 11 is 3.38. The summed E-state index contributed by atoms with van der Waals surface area (Å²) < 4.78 is 10.3. The second kappa shape index (κ2) is 8.91. The maximum Gasteiger partial charge on any atom is 0.339 e. The van der Waals surface area contributed by atoms with E-state index in [0.29, 0.717) is 30.0 Å². The molecule has 0 spiro atoms. The van der Waals surface area contributed by atoms with Crippen LogP contribution in [-0.4, -0.2) is 41.5 Å². The zero-order chi connectivity index (χ0) is 20.1. The van der Waals surface area contributed by atoms with Gasteiger partial charge in [-0.3, -0.25) is 0 Å². The summed E-state index contributed by atoms with van der Waals surface area (Å²) in [5.74, 6) is 6.43. The Labute approximate surface area is 173 Å². The minimum absolute atomic E-state index is 0.274. The number of aliphatic hydroxyl groups excluding tert-OH is 1. The standard InChI is InChI=1S/C21H21NO4S2/c1-4-25-20(24)15-7-9-16(22-13-15)8-5-14-6-10-18-17(11-14)21(27-2,28-3)12-19(23)26-18/h6-7,9-11,13,19,23H,4,12H2,1-3H3. The van der Waals surface area contributed by atoms with Gasteiger partial charge >= 0.3 is 5.97 Å². The van der Waals surface area contributed by atoms with E-state index < -0.39 is 12.3 Å². The second-order valence-electron chi connectivity index (χ2n) is 6.05. The van der Waals surface area contributed by atoms with Crippen molar-refractivity contribution in [3.63, 3.8) is 0 Å². The van der Waals surface area contributed by atoms with Gasteiger partial charge in [-0.1, -0.05) is 5.92 Å². The molecule has 28 heavy (non-hydrogen) atoms. The lowest BCUT2D eigenvalue weighted by atomic mass is 10.0. The number of hydrogen-bond donors (Lipinski definition) is 1. The molecule has 0 bridgehead atoms. The van der Waals surface area contributed by atoms with Crippen LogP contribution >= 0.6 is 23.5 Å². The van der Waals surface area contributed by atoms with Crippen molar-refractivity contribution in [3.8, 4) is 17.6 Å². The minimum atomic E-state index is -0.813. The van der Waals surface area contributed by atoms with Gasteiger partial charge in [0.25, 0.3) is 0 Å². The van der Waals surface area contributed by atoms with Crippen molar-refractivity contribution in [2.24, 2.45) is 0 Å². The van der Waals surface area contributed by atoms with Crippen LogP contribution in [0.1, 0.15) is 40.5 Å². The molecule has 146 valence electrons. The molecule has 0 fully saturated rings. The van der Waals surface area contributed by atoms with Crippen LogP contribution in [0.2, 0.25) is 0 Å². The topological polar surface area (TPSA) is 68.7 Å². The maximum absolute atomic E-state index is 11.7. The molecule has 2 heterocycles. The van der Waals surface area contributed by atoms with Crippen LogP contribution in [0.4, 0.5) is 0 Å². The normalized spacial score (nSPS) is 16.9. The molecule has 0 radical (unpaired) electrons.